The number of halogens is 3. The van der Waals surface area contributed by atoms with Gasteiger partial charge in [0.15, 0.2) is 0 Å². The first-order chi connectivity index (χ1) is 9.38. The van der Waals surface area contributed by atoms with Gasteiger partial charge in [-0.1, -0.05) is 12.1 Å². The van der Waals surface area contributed by atoms with Crippen molar-refractivity contribution in [3.8, 4) is 0 Å². The molecule has 4 nitrogen and oxygen atoms in total. The molecule has 0 amide bonds. The Morgan fingerprint density at radius 3 is 2.40 bits per heavy atom. The zero-order valence-corrected chi connectivity index (χ0v) is 11.1. The number of benzene rings is 1. The van der Waals surface area contributed by atoms with Crippen LogP contribution in [0.15, 0.2) is 30.6 Å². The normalized spacial score (nSPS) is 13.4. The second-order valence-electron chi connectivity index (χ2n) is 4.60. The fourth-order valence-electron chi connectivity index (χ4n) is 1.86. The molecule has 0 aliphatic rings. The lowest BCUT2D eigenvalue weighted by Gasteiger charge is -2.13. The van der Waals surface area contributed by atoms with Crippen LogP contribution < -0.4 is 5.32 Å². The van der Waals surface area contributed by atoms with Gasteiger partial charge in [0.1, 0.15) is 12.2 Å². The molecule has 2 rings (SSSR count). The zero-order valence-electron chi connectivity index (χ0n) is 11.1. The third-order valence-electron chi connectivity index (χ3n) is 3.03. The summed E-state index contributed by atoms with van der Waals surface area (Å²) in [6, 6.07) is 5.08. The number of hydrogen-bond acceptors (Lipinski definition) is 3. The van der Waals surface area contributed by atoms with Gasteiger partial charge in [-0.2, -0.15) is 13.2 Å². The average molecular weight is 284 g/mol. The highest BCUT2D eigenvalue weighted by Gasteiger charge is 2.29. The summed E-state index contributed by atoms with van der Waals surface area (Å²) in [6.45, 7) is 2.39. The van der Waals surface area contributed by atoms with Gasteiger partial charge in [-0.3, -0.25) is 0 Å². The summed E-state index contributed by atoms with van der Waals surface area (Å²) in [6.07, 6.45) is -2.69. The Morgan fingerprint density at radius 1 is 1.25 bits per heavy atom. The standard InChI is InChI=1S/C13H15F3N4/c1-9(12-19-18-8-20(12)2)17-7-10-3-5-11(6-4-10)13(14,15)16/h3-6,8-9,17H,7H2,1-2H3. The Bertz CT molecular complexity index is 560. The summed E-state index contributed by atoms with van der Waals surface area (Å²) in [5.41, 5.74) is 0.148. The van der Waals surface area contributed by atoms with Crippen LogP contribution >= 0.6 is 0 Å². The van der Waals surface area contributed by atoms with Crippen molar-refractivity contribution in [2.45, 2.75) is 25.7 Å². The highest BCUT2D eigenvalue weighted by Crippen LogP contribution is 2.29. The Labute approximate surface area is 114 Å². The first-order valence-electron chi connectivity index (χ1n) is 6.11. The Kier molecular flexibility index (Phi) is 4.08. The van der Waals surface area contributed by atoms with E-state index in [9.17, 15) is 13.2 Å². The van der Waals surface area contributed by atoms with Crippen molar-refractivity contribution in [3.05, 3.63) is 47.5 Å². The molecule has 0 fully saturated rings. The van der Waals surface area contributed by atoms with Crippen LogP contribution in [0.3, 0.4) is 0 Å². The highest BCUT2D eigenvalue weighted by atomic mass is 19.4. The first-order valence-corrected chi connectivity index (χ1v) is 6.11. The molecule has 0 saturated heterocycles. The van der Waals surface area contributed by atoms with E-state index in [1.807, 2.05) is 14.0 Å². The van der Waals surface area contributed by atoms with Crippen LogP contribution in [0.4, 0.5) is 13.2 Å². The molecular formula is C13H15F3N4. The summed E-state index contributed by atoms with van der Waals surface area (Å²) in [7, 11) is 1.84. The maximum atomic E-state index is 12.4. The molecule has 1 heterocycles. The van der Waals surface area contributed by atoms with Crippen molar-refractivity contribution in [1.29, 1.82) is 0 Å². The maximum Gasteiger partial charge on any atom is 0.416 e. The molecule has 1 unspecified atom stereocenters. The van der Waals surface area contributed by atoms with Crippen molar-refractivity contribution in [3.63, 3.8) is 0 Å². The van der Waals surface area contributed by atoms with Gasteiger partial charge < -0.3 is 9.88 Å². The van der Waals surface area contributed by atoms with Crippen molar-refractivity contribution in [2.24, 2.45) is 7.05 Å². The van der Waals surface area contributed by atoms with E-state index in [-0.39, 0.29) is 6.04 Å². The monoisotopic (exact) mass is 284 g/mol. The van der Waals surface area contributed by atoms with Gasteiger partial charge in [0, 0.05) is 13.6 Å². The third kappa shape index (κ3) is 3.36. The topological polar surface area (TPSA) is 42.7 Å². The van der Waals surface area contributed by atoms with Crippen molar-refractivity contribution in [1.82, 2.24) is 20.1 Å². The molecule has 0 radical (unpaired) electrons. The first kappa shape index (κ1) is 14.5. The summed E-state index contributed by atoms with van der Waals surface area (Å²) >= 11 is 0. The molecule has 1 atom stereocenters. The largest absolute Gasteiger partial charge is 0.416 e. The lowest BCUT2D eigenvalue weighted by molar-refractivity contribution is -0.137. The van der Waals surface area contributed by atoms with Gasteiger partial charge in [-0.25, -0.2) is 0 Å². The van der Waals surface area contributed by atoms with Crippen LogP contribution in [-0.2, 0) is 19.8 Å². The summed E-state index contributed by atoms with van der Waals surface area (Å²) in [4.78, 5) is 0. The van der Waals surface area contributed by atoms with E-state index >= 15 is 0 Å². The molecule has 0 saturated carbocycles. The molecule has 0 aliphatic carbocycles. The summed E-state index contributed by atoms with van der Waals surface area (Å²) < 4.78 is 39.1. The lowest BCUT2D eigenvalue weighted by atomic mass is 10.1. The third-order valence-corrected chi connectivity index (χ3v) is 3.03. The molecule has 0 bridgehead atoms. The van der Waals surface area contributed by atoms with Crippen LogP contribution in [0, 0.1) is 0 Å². The summed E-state index contributed by atoms with van der Waals surface area (Å²) in [5.74, 6) is 0.775. The van der Waals surface area contributed by atoms with E-state index in [1.165, 1.54) is 12.1 Å². The second-order valence-corrected chi connectivity index (χ2v) is 4.60. The Hall–Kier alpha value is -1.89. The van der Waals surface area contributed by atoms with Gasteiger partial charge in [-0.05, 0) is 24.6 Å². The van der Waals surface area contributed by atoms with E-state index in [1.54, 1.807) is 10.9 Å². The summed E-state index contributed by atoms with van der Waals surface area (Å²) in [5, 5.41) is 11.0. The minimum atomic E-state index is -4.29. The predicted molar refractivity (Wildman–Crippen MR) is 67.7 cm³/mol. The predicted octanol–water partition coefficient (Wildman–Crippen LogP) is 2.68. The Balaban J connectivity index is 1.96. The molecule has 1 aromatic heterocycles. The molecule has 1 N–H and O–H groups in total. The maximum absolute atomic E-state index is 12.4. The molecule has 1 aromatic carbocycles. The van der Waals surface area contributed by atoms with E-state index in [2.05, 4.69) is 15.5 Å². The molecular weight excluding hydrogens is 269 g/mol. The molecule has 7 heteroatoms. The van der Waals surface area contributed by atoms with Gasteiger partial charge in [-0.15, -0.1) is 10.2 Å². The van der Waals surface area contributed by atoms with Crippen LogP contribution in [-0.4, -0.2) is 14.8 Å². The number of aryl methyl sites for hydroxylation is 1. The smallest absolute Gasteiger partial charge is 0.319 e. The fraction of sp³-hybridized carbons (Fsp3) is 0.385. The molecule has 2 aromatic rings. The van der Waals surface area contributed by atoms with Gasteiger partial charge in [0.25, 0.3) is 0 Å². The van der Waals surface area contributed by atoms with Crippen molar-refractivity contribution >= 4 is 0 Å². The van der Waals surface area contributed by atoms with Crippen molar-refractivity contribution < 1.29 is 13.2 Å². The van der Waals surface area contributed by atoms with Crippen LogP contribution in [0.1, 0.15) is 29.9 Å². The van der Waals surface area contributed by atoms with Crippen molar-refractivity contribution in [2.75, 3.05) is 0 Å². The minimum Gasteiger partial charge on any atom is -0.319 e. The number of alkyl halides is 3. The second kappa shape index (κ2) is 5.62. The van der Waals surface area contributed by atoms with Gasteiger partial charge in [0.05, 0.1) is 11.6 Å². The van der Waals surface area contributed by atoms with E-state index in [0.717, 1.165) is 23.5 Å². The van der Waals surface area contributed by atoms with Gasteiger partial charge in [0.2, 0.25) is 0 Å². The van der Waals surface area contributed by atoms with Crippen LogP contribution in [0.25, 0.3) is 0 Å². The van der Waals surface area contributed by atoms with Crippen LogP contribution in [0.2, 0.25) is 0 Å². The number of nitrogens with one attached hydrogen (secondary N) is 1. The zero-order chi connectivity index (χ0) is 14.8. The number of hydrogen-bond donors (Lipinski definition) is 1. The molecule has 108 valence electrons. The average Bonchev–Trinajstić information content (AvgIpc) is 2.82. The Morgan fingerprint density at radius 2 is 1.90 bits per heavy atom. The number of rotatable bonds is 4. The number of nitrogens with zero attached hydrogens (tertiary/aromatic N) is 3. The van der Waals surface area contributed by atoms with Crippen LogP contribution in [0.5, 0.6) is 0 Å². The molecule has 20 heavy (non-hydrogen) atoms. The number of aromatic nitrogens is 3. The van der Waals surface area contributed by atoms with E-state index < -0.39 is 11.7 Å². The minimum absolute atomic E-state index is 0.0372. The lowest BCUT2D eigenvalue weighted by Crippen LogP contribution is -2.21. The molecule has 0 spiro atoms. The quantitative estimate of drug-likeness (QED) is 0.938. The molecule has 0 aliphatic heterocycles. The van der Waals surface area contributed by atoms with E-state index in [0.29, 0.717) is 6.54 Å². The SMILES string of the molecule is CC(NCc1ccc(C(F)(F)F)cc1)c1nncn1C. The fourth-order valence-corrected chi connectivity index (χ4v) is 1.86. The van der Waals surface area contributed by atoms with E-state index in [4.69, 9.17) is 0 Å². The highest BCUT2D eigenvalue weighted by molar-refractivity contribution is 5.24. The van der Waals surface area contributed by atoms with Gasteiger partial charge >= 0.3 is 6.18 Å².